The van der Waals surface area contributed by atoms with Gasteiger partial charge in [0.2, 0.25) is 0 Å². The molecule has 0 unspecified atom stereocenters. The van der Waals surface area contributed by atoms with Crippen LogP contribution in [0, 0.1) is 6.92 Å². The third kappa shape index (κ3) is 4.20. The minimum absolute atomic E-state index is 0.224. The first-order valence-electron chi connectivity index (χ1n) is 9.99. The zero-order valence-electron chi connectivity index (χ0n) is 17.6. The monoisotopic (exact) mass is 433 g/mol. The molecule has 0 bridgehead atoms. The Balaban J connectivity index is 1.61. The standard InChI is InChI=1S/C23H23N5O2S/c1-4-28-21(23(30)27(3)13-17-14-31-15(2)25-17)20(12-24-28)26-22(29)19-11-7-9-16-8-5-6-10-18(16)19/h5-12,14H,4,13H2,1-3H3,(H,26,29). The lowest BCUT2D eigenvalue weighted by atomic mass is 10.0. The van der Waals surface area contributed by atoms with E-state index in [0.29, 0.717) is 30.0 Å². The molecule has 7 nitrogen and oxygen atoms in total. The maximum Gasteiger partial charge on any atom is 0.274 e. The number of hydrogen-bond donors (Lipinski definition) is 1. The molecular formula is C23H23N5O2S. The van der Waals surface area contributed by atoms with E-state index in [0.717, 1.165) is 21.5 Å². The van der Waals surface area contributed by atoms with Crippen LogP contribution in [0.4, 0.5) is 5.69 Å². The molecule has 4 rings (SSSR count). The van der Waals surface area contributed by atoms with Gasteiger partial charge in [0.1, 0.15) is 5.69 Å². The van der Waals surface area contributed by atoms with Crippen LogP contribution >= 0.6 is 11.3 Å². The Hall–Kier alpha value is -3.52. The Morgan fingerprint density at radius 2 is 1.94 bits per heavy atom. The van der Waals surface area contributed by atoms with Crippen molar-refractivity contribution in [1.82, 2.24) is 19.7 Å². The fraction of sp³-hybridized carbons (Fsp3) is 0.217. The summed E-state index contributed by atoms with van der Waals surface area (Å²) in [6.07, 6.45) is 1.53. The van der Waals surface area contributed by atoms with E-state index in [2.05, 4.69) is 15.4 Å². The predicted octanol–water partition coefficient (Wildman–Crippen LogP) is 4.35. The van der Waals surface area contributed by atoms with E-state index < -0.39 is 0 Å². The second-order valence-electron chi connectivity index (χ2n) is 7.22. The Kier molecular flexibility index (Phi) is 5.81. The summed E-state index contributed by atoms with van der Waals surface area (Å²) >= 11 is 1.55. The highest BCUT2D eigenvalue weighted by atomic mass is 32.1. The molecule has 2 amide bonds. The smallest absolute Gasteiger partial charge is 0.274 e. The molecule has 0 atom stereocenters. The molecule has 158 valence electrons. The van der Waals surface area contributed by atoms with Crippen LogP contribution in [-0.2, 0) is 13.1 Å². The summed E-state index contributed by atoms with van der Waals surface area (Å²) in [7, 11) is 1.72. The summed E-state index contributed by atoms with van der Waals surface area (Å²) < 4.78 is 1.60. The van der Waals surface area contributed by atoms with Crippen LogP contribution < -0.4 is 5.32 Å². The molecule has 0 saturated carbocycles. The number of carbonyl (C=O) groups excluding carboxylic acids is 2. The lowest BCUT2D eigenvalue weighted by molar-refractivity contribution is 0.0772. The molecule has 1 N–H and O–H groups in total. The molecule has 0 saturated heterocycles. The Bertz CT molecular complexity index is 1250. The molecule has 0 aliphatic carbocycles. The van der Waals surface area contributed by atoms with Gasteiger partial charge in [0.15, 0.2) is 0 Å². The van der Waals surface area contributed by atoms with E-state index in [1.165, 1.54) is 6.20 Å². The molecule has 2 heterocycles. The van der Waals surface area contributed by atoms with E-state index in [1.807, 2.05) is 55.6 Å². The zero-order chi connectivity index (χ0) is 22.0. The molecule has 0 radical (unpaired) electrons. The van der Waals surface area contributed by atoms with Gasteiger partial charge in [0.25, 0.3) is 11.8 Å². The van der Waals surface area contributed by atoms with Gasteiger partial charge in [-0.25, -0.2) is 4.98 Å². The normalized spacial score (nSPS) is 10.9. The third-order valence-corrected chi connectivity index (χ3v) is 5.86. The van der Waals surface area contributed by atoms with Gasteiger partial charge < -0.3 is 10.2 Å². The van der Waals surface area contributed by atoms with E-state index in [9.17, 15) is 9.59 Å². The maximum absolute atomic E-state index is 13.2. The summed E-state index contributed by atoms with van der Waals surface area (Å²) in [5.74, 6) is -0.502. The van der Waals surface area contributed by atoms with Crippen molar-refractivity contribution in [3.05, 3.63) is 76.0 Å². The van der Waals surface area contributed by atoms with E-state index in [-0.39, 0.29) is 11.8 Å². The van der Waals surface area contributed by atoms with Crippen LogP contribution in [0.3, 0.4) is 0 Å². The Morgan fingerprint density at radius 1 is 1.16 bits per heavy atom. The van der Waals surface area contributed by atoms with Crippen molar-refractivity contribution < 1.29 is 9.59 Å². The number of thiazole rings is 1. The third-order valence-electron chi connectivity index (χ3n) is 5.04. The highest BCUT2D eigenvalue weighted by molar-refractivity contribution is 7.09. The molecule has 0 spiro atoms. The number of benzene rings is 2. The zero-order valence-corrected chi connectivity index (χ0v) is 18.4. The van der Waals surface area contributed by atoms with Crippen LogP contribution in [0.5, 0.6) is 0 Å². The molecule has 31 heavy (non-hydrogen) atoms. The predicted molar refractivity (Wildman–Crippen MR) is 122 cm³/mol. The fourth-order valence-corrected chi connectivity index (χ4v) is 4.14. The Morgan fingerprint density at radius 3 is 2.68 bits per heavy atom. The number of hydrogen-bond acceptors (Lipinski definition) is 5. The summed E-state index contributed by atoms with van der Waals surface area (Å²) in [4.78, 5) is 32.3. The summed E-state index contributed by atoms with van der Waals surface area (Å²) in [5, 5.41) is 11.9. The van der Waals surface area contributed by atoms with Crippen molar-refractivity contribution in [2.75, 3.05) is 12.4 Å². The number of nitrogens with zero attached hydrogens (tertiary/aromatic N) is 4. The second kappa shape index (κ2) is 8.69. The van der Waals surface area contributed by atoms with Crippen LogP contribution in [0.2, 0.25) is 0 Å². The van der Waals surface area contributed by atoms with E-state index in [1.54, 1.807) is 34.0 Å². The van der Waals surface area contributed by atoms with E-state index >= 15 is 0 Å². The number of aryl methyl sites for hydroxylation is 2. The van der Waals surface area contributed by atoms with Gasteiger partial charge in [0.05, 0.1) is 29.1 Å². The van der Waals surface area contributed by atoms with Gasteiger partial charge in [-0.2, -0.15) is 5.10 Å². The number of amides is 2. The highest BCUT2D eigenvalue weighted by Crippen LogP contribution is 2.23. The van der Waals surface area contributed by atoms with Crippen molar-refractivity contribution in [2.45, 2.75) is 26.9 Å². The van der Waals surface area contributed by atoms with Gasteiger partial charge in [-0.3, -0.25) is 14.3 Å². The largest absolute Gasteiger partial charge is 0.334 e. The SMILES string of the molecule is CCn1ncc(NC(=O)c2cccc3ccccc23)c1C(=O)N(C)Cc1csc(C)n1. The van der Waals surface area contributed by atoms with Gasteiger partial charge in [-0.1, -0.05) is 36.4 Å². The molecule has 4 aromatic rings. The second-order valence-corrected chi connectivity index (χ2v) is 8.28. The maximum atomic E-state index is 13.2. The summed E-state index contributed by atoms with van der Waals surface area (Å²) in [6, 6.07) is 13.3. The van der Waals surface area contributed by atoms with Crippen molar-refractivity contribution in [3.63, 3.8) is 0 Å². The molecule has 0 aliphatic heterocycles. The van der Waals surface area contributed by atoms with Crippen LogP contribution in [-0.4, -0.2) is 38.5 Å². The van der Waals surface area contributed by atoms with Gasteiger partial charge in [-0.15, -0.1) is 11.3 Å². The molecular weight excluding hydrogens is 410 g/mol. The Labute approximate surface area is 184 Å². The highest BCUT2D eigenvalue weighted by Gasteiger charge is 2.24. The number of rotatable bonds is 6. The summed E-state index contributed by atoms with van der Waals surface area (Å²) in [6.45, 7) is 4.73. The first-order valence-corrected chi connectivity index (χ1v) is 10.9. The van der Waals surface area contributed by atoms with Crippen LogP contribution in [0.15, 0.2) is 54.0 Å². The lowest BCUT2D eigenvalue weighted by Gasteiger charge is -2.18. The quantitative estimate of drug-likeness (QED) is 0.490. The van der Waals surface area contributed by atoms with Crippen molar-refractivity contribution in [2.24, 2.45) is 0 Å². The molecule has 8 heteroatoms. The lowest BCUT2D eigenvalue weighted by Crippen LogP contribution is -2.30. The number of aromatic nitrogens is 3. The van der Waals surface area contributed by atoms with E-state index in [4.69, 9.17) is 0 Å². The van der Waals surface area contributed by atoms with Crippen molar-refractivity contribution in [3.8, 4) is 0 Å². The van der Waals surface area contributed by atoms with Crippen molar-refractivity contribution >= 4 is 39.6 Å². The topological polar surface area (TPSA) is 80.1 Å². The number of carbonyl (C=O) groups is 2. The summed E-state index contributed by atoms with van der Waals surface area (Å²) in [5.41, 5.74) is 2.13. The van der Waals surface area contributed by atoms with Crippen LogP contribution in [0.25, 0.3) is 10.8 Å². The molecule has 0 aliphatic rings. The van der Waals surface area contributed by atoms with Crippen molar-refractivity contribution in [1.29, 1.82) is 0 Å². The number of fused-ring (bicyclic) bond motifs is 1. The first kappa shape index (κ1) is 20.7. The molecule has 0 fully saturated rings. The molecule has 2 aromatic heterocycles. The minimum Gasteiger partial charge on any atom is -0.334 e. The number of nitrogens with one attached hydrogen (secondary N) is 1. The fourth-order valence-electron chi connectivity index (χ4n) is 3.53. The average Bonchev–Trinajstić information content (AvgIpc) is 3.38. The van der Waals surface area contributed by atoms with Gasteiger partial charge >= 0.3 is 0 Å². The molecule has 2 aromatic carbocycles. The van der Waals surface area contributed by atoms with Gasteiger partial charge in [0, 0.05) is 24.5 Å². The van der Waals surface area contributed by atoms with Gasteiger partial charge in [-0.05, 0) is 30.7 Å². The van der Waals surface area contributed by atoms with Crippen LogP contribution in [0.1, 0.15) is 38.5 Å². The number of anilines is 1. The first-order chi connectivity index (χ1) is 15.0. The average molecular weight is 434 g/mol. The minimum atomic E-state index is -0.278.